The van der Waals surface area contributed by atoms with E-state index in [9.17, 15) is 4.79 Å². The van der Waals surface area contributed by atoms with Crippen molar-refractivity contribution >= 4 is 58.8 Å². The third-order valence-electron chi connectivity index (χ3n) is 4.61. The highest BCUT2D eigenvalue weighted by atomic mass is 35.5. The lowest BCUT2D eigenvalue weighted by molar-refractivity contribution is -0.117. The lowest BCUT2D eigenvalue weighted by atomic mass is 10.2. The molecule has 1 atom stereocenters. The molecular weight excluding hydrogens is 406 g/mol. The molecular formula is C16H22Cl4N4O. The zero-order valence-electron chi connectivity index (χ0n) is 13.7. The average Bonchev–Trinajstić information content (AvgIpc) is 3.08. The average molecular weight is 428 g/mol. The Balaban J connectivity index is 0.00000225. The fourth-order valence-corrected chi connectivity index (χ4v) is 3.84. The lowest BCUT2D eigenvalue weighted by Crippen LogP contribution is -2.52. The van der Waals surface area contributed by atoms with Gasteiger partial charge in [-0.3, -0.25) is 14.6 Å². The Kier molecular flexibility index (Phi) is 8.08. The van der Waals surface area contributed by atoms with Crippen molar-refractivity contribution < 1.29 is 4.79 Å². The molecule has 2 aliphatic rings. The summed E-state index contributed by atoms with van der Waals surface area (Å²) in [4.78, 5) is 16.9. The number of hydrogen-bond acceptors (Lipinski definition) is 4. The van der Waals surface area contributed by atoms with Crippen molar-refractivity contribution in [1.82, 2.24) is 15.1 Å². The predicted octanol–water partition coefficient (Wildman–Crippen LogP) is 2.99. The summed E-state index contributed by atoms with van der Waals surface area (Å²) in [6.45, 7) is 6.36. The Labute approximate surface area is 169 Å². The molecule has 2 heterocycles. The minimum atomic E-state index is -0.0914. The van der Waals surface area contributed by atoms with Crippen LogP contribution in [0, 0.1) is 0 Å². The molecule has 0 radical (unpaired) electrons. The molecule has 9 heteroatoms. The summed E-state index contributed by atoms with van der Waals surface area (Å²) in [5.41, 5.74) is 0.492. The van der Waals surface area contributed by atoms with Gasteiger partial charge in [0.2, 0.25) is 5.91 Å². The first-order valence-electron chi connectivity index (χ1n) is 8.14. The number of amides is 1. The molecule has 0 aromatic heterocycles. The summed E-state index contributed by atoms with van der Waals surface area (Å²) >= 11 is 18.0. The maximum absolute atomic E-state index is 12.3. The van der Waals surface area contributed by atoms with Crippen molar-refractivity contribution in [3.8, 4) is 0 Å². The van der Waals surface area contributed by atoms with E-state index in [-0.39, 0.29) is 18.3 Å². The number of anilines is 1. The van der Waals surface area contributed by atoms with Gasteiger partial charge in [0.25, 0.3) is 0 Å². The number of carbonyl (C=O) groups excluding carboxylic acids is 1. The van der Waals surface area contributed by atoms with Crippen molar-refractivity contribution in [2.45, 2.75) is 12.5 Å². The van der Waals surface area contributed by atoms with Gasteiger partial charge in [-0.2, -0.15) is 0 Å². The highest BCUT2D eigenvalue weighted by Gasteiger charge is 2.26. The van der Waals surface area contributed by atoms with Crippen LogP contribution in [0.1, 0.15) is 6.42 Å². The Morgan fingerprint density at radius 1 is 1.12 bits per heavy atom. The Morgan fingerprint density at radius 3 is 2.44 bits per heavy atom. The van der Waals surface area contributed by atoms with Crippen LogP contribution < -0.4 is 10.6 Å². The van der Waals surface area contributed by atoms with Gasteiger partial charge in [-0.25, -0.2) is 0 Å². The van der Waals surface area contributed by atoms with Gasteiger partial charge in [-0.05, 0) is 25.1 Å². The zero-order valence-corrected chi connectivity index (χ0v) is 16.8. The normalized spacial score (nSPS) is 21.8. The van der Waals surface area contributed by atoms with Gasteiger partial charge in [0.05, 0.1) is 27.3 Å². The second kappa shape index (κ2) is 9.60. The van der Waals surface area contributed by atoms with Gasteiger partial charge in [0.15, 0.2) is 0 Å². The van der Waals surface area contributed by atoms with Crippen LogP contribution >= 0.6 is 47.2 Å². The predicted molar refractivity (Wildman–Crippen MR) is 107 cm³/mol. The van der Waals surface area contributed by atoms with E-state index in [1.165, 1.54) is 12.5 Å². The van der Waals surface area contributed by atoms with Crippen LogP contribution in [-0.2, 0) is 4.79 Å². The fraction of sp³-hybridized carbons (Fsp3) is 0.562. The number of carbonyl (C=O) groups is 1. The topological polar surface area (TPSA) is 47.6 Å². The van der Waals surface area contributed by atoms with E-state index in [1.807, 2.05) is 0 Å². The molecule has 1 aromatic rings. The molecule has 5 nitrogen and oxygen atoms in total. The molecule has 1 aromatic carbocycles. The molecule has 1 amide bonds. The summed E-state index contributed by atoms with van der Waals surface area (Å²) in [6, 6.07) is 3.76. The van der Waals surface area contributed by atoms with Gasteiger partial charge < -0.3 is 10.6 Å². The number of hydrogen-bond donors (Lipinski definition) is 2. The van der Waals surface area contributed by atoms with Gasteiger partial charge >= 0.3 is 0 Å². The first-order chi connectivity index (χ1) is 11.5. The van der Waals surface area contributed by atoms with Crippen LogP contribution in [0.3, 0.4) is 0 Å². The van der Waals surface area contributed by atoms with Gasteiger partial charge in [-0.15, -0.1) is 12.4 Å². The largest absolute Gasteiger partial charge is 0.324 e. The smallest absolute Gasteiger partial charge is 0.238 e. The Bertz CT molecular complexity index is 602. The van der Waals surface area contributed by atoms with E-state index >= 15 is 0 Å². The van der Waals surface area contributed by atoms with E-state index in [0.29, 0.717) is 33.3 Å². The van der Waals surface area contributed by atoms with Crippen LogP contribution in [0.15, 0.2) is 12.1 Å². The van der Waals surface area contributed by atoms with E-state index in [4.69, 9.17) is 34.8 Å². The number of halogens is 4. The first kappa shape index (κ1) is 21.0. The number of benzene rings is 1. The van der Waals surface area contributed by atoms with Crippen LogP contribution in [0.2, 0.25) is 15.1 Å². The summed E-state index contributed by atoms with van der Waals surface area (Å²) in [7, 11) is 0. The molecule has 1 unspecified atom stereocenters. The second-order valence-corrected chi connectivity index (χ2v) is 7.47. The number of rotatable bonds is 4. The summed E-state index contributed by atoms with van der Waals surface area (Å²) < 4.78 is 0. The summed E-state index contributed by atoms with van der Waals surface area (Å²) in [5.74, 6) is -0.0914. The van der Waals surface area contributed by atoms with Crippen molar-refractivity contribution in [2.24, 2.45) is 0 Å². The van der Waals surface area contributed by atoms with Crippen LogP contribution in [0.5, 0.6) is 0 Å². The van der Waals surface area contributed by atoms with Crippen LogP contribution in [0.4, 0.5) is 5.69 Å². The summed E-state index contributed by atoms with van der Waals surface area (Å²) in [6.07, 6.45) is 1.22. The number of nitrogens with one attached hydrogen (secondary N) is 2. The molecule has 2 fully saturated rings. The van der Waals surface area contributed by atoms with E-state index in [0.717, 1.165) is 39.3 Å². The van der Waals surface area contributed by atoms with Crippen LogP contribution in [0.25, 0.3) is 0 Å². The minimum absolute atomic E-state index is 0. The van der Waals surface area contributed by atoms with Gasteiger partial charge in [-0.1, -0.05) is 34.8 Å². The number of piperazine rings is 1. The van der Waals surface area contributed by atoms with Gasteiger partial charge in [0.1, 0.15) is 0 Å². The minimum Gasteiger partial charge on any atom is -0.324 e. The maximum Gasteiger partial charge on any atom is 0.238 e. The zero-order chi connectivity index (χ0) is 17.1. The Morgan fingerprint density at radius 2 is 1.80 bits per heavy atom. The molecule has 140 valence electrons. The molecule has 0 bridgehead atoms. The fourth-order valence-electron chi connectivity index (χ4n) is 3.25. The summed E-state index contributed by atoms with van der Waals surface area (Å²) in [5, 5.41) is 7.34. The molecule has 25 heavy (non-hydrogen) atoms. The lowest BCUT2D eigenvalue weighted by Gasteiger charge is -2.37. The monoisotopic (exact) mass is 426 g/mol. The quantitative estimate of drug-likeness (QED) is 0.725. The first-order valence-corrected chi connectivity index (χ1v) is 9.28. The highest BCUT2D eigenvalue weighted by molar-refractivity contribution is 6.44. The number of nitrogens with zero attached hydrogens (tertiary/aromatic N) is 2. The molecule has 2 saturated heterocycles. The molecule has 2 aliphatic heterocycles. The maximum atomic E-state index is 12.3. The molecule has 2 N–H and O–H groups in total. The third kappa shape index (κ3) is 5.60. The third-order valence-corrected chi connectivity index (χ3v) is 5.64. The molecule has 0 aliphatic carbocycles. The molecule has 0 saturated carbocycles. The Hall–Kier alpha value is -0.270. The van der Waals surface area contributed by atoms with Crippen LogP contribution in [-0.4, -0.2) is 67.6 Å². The standard InChI is InChI=1S/C16H21Cl3N4O.ClH/c17-12-7-14(19)15(8-13(12)18)21-16(24)10-22-3-5-23(6-4-22)11-1-2-20-9-11;/h7-8,11,20H,1-6,9-10H2,(H,21,24);1H. The van der Waals surface area contributed by atoms with Gasteiger partial charge in [0, 0.05) is 38.8 Å². The van der Waals surface area contributed by atoms with Crippen molar-refractivity contribution in [3.05, 3.63) is 27.2 Å². The van der Waals surface area contributed by atoms with E-state index in [2.05, 4.69) is 20.4 Å². The highest BCUT2D eigenvalue weighted by Crippen LogP contribution is 2.32. The SMILES string of the molecule is Cl.O=C(CN1CCN(C2CCNC2)CC1)Nc1cc(Cl)c(Cl)cc1Cl. The molecule has 3 rings (SSSR count). The molecule has 0 spiro atoms. The second-order valence-electron chi connectivity index (χ2n) is 6.25. The van der Waals surface area contributed by atoms with E-state index in [1.54, 1.807) is 6.07 Å². The van der Waals surface area contributed by atoms with Crippen molar-refractivity contribution in [2.75, 3.05) is 51.1 Å². The van der Waals surface area contributed by atoms with E-state index < -0.39 is 0 Å². The van der Waals surface area contributed by atoms with Crippen molar-refractivity contribution in [3.63, 3.8) is 0 Å². The van der Waals surface area contributed by atoms with Crippen molar-refractivity contribution in [1.29, 1.82) is 0 Å².